The van der Waals surface area contributed by atoms with Gasteiger partial charge >= 0.3 is 0 Å². The molecular formula is C24H20ClN3O3S. The molecule has 32 heavy (non-hydrogen) atoms. The molecule has 0 N–H and O–H groups in total. The van der Waals surface area contributed by atoms with Crippen LogP contribution in [-0.2, 0) is 4.79 Å². The maximum Gasteiger partial charge on any atom is 0.271 e. The first-order chi connectivity index (χ1) is 15.6. The van der Waals surface area contributed by atoms with E-state index in [4.69, 9.17) is 21.1 Å². The maximum atomic E-state index is 13.4. The van der Waals surface area contributed by atoms with Crippen LogP contribution in [0.15, 0.2) is 76.9 Å². The van der Waals surface area contributed by atoms with E-state index in [1.165, 1.54) is 18.0 Å². The summed E-state index contributed by atoms with van der Waals surface area (Å²) in [5.74, 6) is 1.09. The SMILES string of the molecule is CCOc1ccc(/C=C2\SC(=Nc3ccncc3Cl)N(c3ccccc3)C2=O)cc1OC. The monoisotopic (exact) mass is 465 g/mol. The van der Waals surface area contributed by atoms with Crippen molar-refractivity contribution in [3.05, 3.63) is 82.5 Å². The molecule has 0 atom stereocenters. The molecule has 0 aliphatic carbocycles. The van der Waals surface area contributed by atoms with E-state index in [2.05, 4.69) is 9.98 Å². The number of nitrogens with zero attached hydrogens (tertiary/aromatic N) is 3. The van der Waals surface area contributed by atoms with Gasteiger partial charge in [-0.1, -0.05) is 35.9 Å². The largest absolute Gasteiger partial charge is 0.493 e. The minimum Gasteiger partial charge on any atom is -0.493 e. The van der Waals surface area contributed by atoms with Crippen LogP contribution in [0.2, 0.25) is 5.02 Å². The van der Waals surface area contributed by atoms with Crippen LogP contribution >= 0.6 is 23.4 Å². The third-order valence-corrected chi connectivity index (χ3v) is 5.83. The highest BCUT2D eigenvalue weighted by Crippen LogP contribution is 2.39. The first-order valence-electron chi connectivity index (χ1n) is 9.88. The number of anilines is 1. The van der Waals surface area contributed by atoms with Crippen LogP contribution in [0, 0.1) is 0 Å². The molecule has 1 aliphatic rings. The zero-order chi connectivity index (χ0) is 22.5. The summed E-state index contributed by atoms with van der Waals surface area (Å²) in [6.07, 6.45) is 4.96. The Labute approximate surface area is 195 Å². The molecule has 4 rings (SSSR count). The van der Waals surface area contributed by atoms with Gasteiger partial charge in [-0.05, 0) is 60.7 Å². The molecule has 0 spiro atoms. The van der Waals surface area contributed by atoms with Gasteiger partial charge in [0.2, 0.25) is 0 Å². The van der Waals surface area contributed by atoms with Gasteiger partial charge in [-0.25, -0.2) is 4.99 Å². The number of amidine groups is 1. The number of halogens is 1. The van der Waals surface area contributed by atoms with E-state index in [1.807, 2.05) is 61.5 Å². The average Bonchev–Trinajstić information content (AvgIpc) is 3.11. The fourth-order valence-corrected chi connectivity index (χ4v) is 4.27. The van der Waals surface area contributed by atoms with E-state index in [0.717, 1.165) is 11.3 Å². The van der Waals surface area contributed by atoms with Crippen molar-refractivity contribution in [2.24, 2.45) is 4.99 Å². The number of methoxy groups -OCH3 is 1. The Morgan fingerprint density at radius 3 is 2.69 bits per heavy atom. The Morgan fingerprint density at radius 1 is 1.16 bits per heavy atom. The fourth-order valence-electron chi connectivity index (χ4n) is 3.12. The molecule has 6 nitrogen and oxygen atoms in total. The second-order valence-corrected chi connectivity index (χ2v) is 8.07. The first kappa shape index (κ1) is 21.9. The van der Waals surface area contributed by atoms with Gasteiger partial charge in [0, 0.05) is 12.4 Å². The molecule has 0 radical (unpaired) electrons. The Bertz CT molecular complexity index is 1200. The highest BCUT2D eigenvalue weighted by Gasteiger charge is 2.34. The van der Waals surface area contributed by atoms with E-state index in [1.54, 1.807) is 24.3 Å². The first-order valence-corrected chi connectivity index (χ1v) is 11.1. The van der Waals surface area contributed by atoms with Gasteiger partial charge in [-0.15, -0.1) is 0 Å². The number of hydrogen-bond donors (Lipinski definition) is 0. The highest BCUT2D eigenvalue weighted by molar-refractivity contribution is 8.19. The molecule has 1 aliphatic heterocycles. The van der Waals surface area contributed by atoms with E-state index in [0.29, 0.717) is 38.9 Å². The molecule has 1 aromatic heterocycles. The van der Waals surface area contributed by atoms with Crippen LogP contribution in [-0.4, -0.2) is 29.8 Å². The van der Waals surface area contributed by atoms with Crippen molar-refractivity contribution < 1.29 is 14.3 Å². The van der Waals surface area contributed by atoms with Gasteiger partial charge in [-0.3, -0.25) is 14.7 Å². The van der Waals surface area contributed by atoms with Gasteiger partial charge in [0.25, 0.3) is 5.91 Å². The Hall–Kier alpha value is -3.29. The van der Waals surface area contributed by atoms with Gasteiger partial charge in [0.15, 0.2) is 16.7 Å². The van der Waals surface area contributed by atoms with E-state index in [9.17, 15) is 4.79 Å². The summed E-state index contributed by atoms with van der Waals surface area (Å²) in [4.78, 5) is 24.1. The molecule has 1 amide bonds. The Kier molecular flexibility index (Phi) is 6.78. The van der Waals surface area contributed by atoms with Crippen molar-refractivity contribution in [2.75, 3.05) is 18.6 Å². The number of carbonyl (C=O) groups excluding carboxylic acids is 1. The summed E-state index contributed by atoms with van der Waals surface area (Å²) < 4.78 is 11.0. The summed E-state index contributed by atoms with van der Waals surface area (Å²) in [6.45, 7) is 2.45. The standard InChI is InChI=1S/C24H20ClN3O3S/c1-3-31-20-10-9-16(13-21(20)30-2)14-22-23(29)28(17-7-5-4-6-8-17)24(32-22)27-19-11-12-26-15-18(19)25/h4-15H,3H2,1-2H3/b22-14-,27-24?. The summed E-state index contributed by atoms with van der Waals surface area (Å²) >= 11 is 7.53. The molecule has 0 bridgehead atoms. The molecular weight excluding hydrogens is 446 g/mol. The normalized spacial score (nSPS) is 16.1. The predicted molar refractivity (Wildman–Crippen MR) is 130 cm³/mol. The van der Waals surface area contributed by atoms with Crippen molar-refractivity contribution in [1.29, 1.82) is 0 Å². The third kappa shape index (κ3) is 4.64. The van der Waals surface area contributed by atoms with Crippen molar-refractivity contribution in [2.45, 2.75) is 6.92 Å². The minimum absolute atomic E-state index is 0.169. The number of thioether (sulfide) groups is 1. The lowest BCUT2D eigenvalue weighted by atomic mass is 10.2. The van der Waals surface area contributed by atoms with E-state index in [-0.39, 0.29) is 5.91 Å². The number of aliphatic imine (C=N–C) groups is 1. The number of hydrogen-bond acceptors (Lipinski definition) is 6. The number of aromatic nitrogens is 1. The van der Waals surface area contributed by atoms with Crippen LogP contribution in [0.3, 0.4) is 0 Å². The predicted octanol–water partition coefficient (Wildman–Crippen LogP) is 5.95. The molecule has 162 valence electrons. The van der Waals surface area contributed by atoms with Crippen LogP contribution < -0.4 is 14.4 Å². The molecule has 0 saturated carbocycles. The van der Waals surface area contributed by atoms with E-state index < -0.39 is 0 Å². The van der Waals surface area contributed by atoms with Crippen molar-refractivity contribution >= 4 is 51.9 Å². The fraction of sp³-hybridized carbons (Fsp3) is 0.125. The van der Waals surface area contributed by atoms with Gasteiger partial charge in [0.1, 0.15) is 0 Å². The van der Waals surface area contributed by atoms with Crippen molar-refractivity contribution in [1.82, 2.24) is 4.98 Å². The number of benzene rings is 2. The van der Waals surface area contributed by atoms with Crippen LogP contribution in [0.25, 0.3) is 6.08 Å². The molecule has 3 aromatic rings. The molecule has 2 aromatic carbocycles. The second-order valence-electron chi connectivity index (χ2n) is 6.65. The summed E-state index contributed by atoms with van der Waals surface area (Å²) in [5.41, 5.74) is 2.08. The molecule has 8 heteroatoms. The lowest BCUT2D eigenvalue weighted by molar-refractivity contribution is -0.113. The number of ether oxygens (including phenoxy) is 2. The van der Waals surface area contributed by atoms with Crippen molar-refractivity contribution in [3.8, 4) is 11.5 Å². The number of amides is 1. The van der Waals surface area contributed by atoms with Crippen LogP contribution in [0.5, 0.6) is 11.5 Å². The number of carbonyl (C=O) groups is 1. The smallest absolute Gasteiger partial charge is 0.271 e. The quantitative estimate of drug-likeness (QED) is 0.421. The molecule has 1 fully saturated rings. The molecule has 1 saturated heterocycles. The Balaban J connectivity index is 1.75. The topological polar surface area (TPSA) is 64.0 Å². The second kappa shape index (κ2) is 9.89. The number of rotatable bonds is 6. The summed E-state index contributed by atoms with van der Waals surface area (Å²) in [5, 5.41) is 0.924. The third-order valence-electron chi connectivity index (χ3n) is 4.57. The lowest BCUT2D eigenvalue weighted by Crippen LogP contribution is -2.28. The molecule has 0 unspecified atom stereocenters. The lowest BCUT2D eigenvalue weighted by Gasteiger charge is -2.15. The average molecular weight is 466 g/mol. The number of para-hydroxylation sites is 1. The van der Waals surface area contributed by atoms with Gasteiger partial charge < -0.3 is 9.47 Å². The zero-order valence-electron chi connectivity index (χ0n) is 17.5. The van der Waals surface area contributed by atoms with Gasteiger partial charge in [-0.2, -0.15) is 0 Å². The van der Waals surface area contributed by atoms with Crippen LogP contribution in [0.1, 0.15) is 12.5 Å². The zero-order valence-corrected chi connectivity index (χ0v) is 19.1. The summed E-state index contributed by atoms with van der Waals surface area (Å²) in [6, 6.07) is 16.7. The minimum atomic E-state index is -0.169. The van der Waals surface area contributed by atoms with E-state index >= 15 is 0 Å². The van der Waals surface area contributed by atoms with Crippen molar-refractivity contribution in [3.63, 3.8) is 0 Å². The summed E-state index contributed by atoms with van der Waals surface area (Å²) in [7, 11) is 1.59. The highest BCUT2D eigenvalue weighted by atomic mass is 35.5. The Morgan fingerprint density at radius 2 is 1.97 bits per heavy atom. The van der Waals surface area contributed by atoms with Gasteiger partial charge in [0.05, 0.1) is 35.0 Å². The maximum absolute atomic E-state index is 13.4. The van der Waals surface area contributed by atoms with Crippen LogP contribution in [0.4, 0.5) is 11.4 Å². The molecule has 2 heterocycles. The number of pyridine rings is 1.